The number of hydrogen-bond acceptors (Lipinski definition) is 4. The fourth-order valence-electron chi connectivity index (χ4n) is 0. The van der Waals surface area contributed by atoms with Crippen LogP contribution in [0.5, 0.6) is 0 Å². The summed E-state index contributed by atoms with van der Waals surface area (Å²) in [7, 11) is -5.11. The van der Waals surface area contributed by atoms with E-state index in [-0.39, 0.29) is 28.5 Å². The fraction of sp³-hybridized carbons (Fsp3) is 0. The molecule has 0 aliphatic heterocycles. The van der Waals surface area contributed by atoms with Crippen molar-refractivity contribution in [3.05, 3.63) is 0 Å². The Morgan fingerprint density at radius 2 is 1.14 bits per heavy atom. The van der Waals surface area contributed by atoms with Gasteiger partial charge in [0.15, 0.2) is 0 Å². The molecule has 0 fully saturated rings. The standard InChI is InChI=1S/Mg.H2O4Si.H2O/c;1-5(2,3)4;/h;1-2H;1H2/q+2;-2;. The maximum Gasteiger partial charge on any atom is 2.00 e. The summed E-state index contributed by atoms with van der Waals surface area (Å²) in [5.41, 5.74) is 0. The molecule has 0 rings (SSSR count). The molecule has 0 saturated carbocycles. The van der Waals surface area contributed by atoms with E-state index in [2.05, 4.69) is 0 Å². The zero-order chi connectivity index (χ0) is 4.50. The van der Waals surface area contributed by atoms with Crippen LogP contribution in [0, 0.1) is 0 Å². The molecule has 0 saturated heterocycles. The Kier molecular flexibility index (Phi) is 11.0. The van der Waals surface area contributed by atoms with Gasteiger partial charge in [-0.15, -0.1) is 0 Å². The number of rotatable bonds is 0. The van der Waals surface area contributed by atoms with Crippen LogP contribution < -0.4 is 9.59 Å². The molecule has 0 spiro atoms. The Morgan fingerprint density at radius 3 is 1.14 bits per heavy atom. The van der Waals surface area contributed by atoms with Crippen LogP contribution in [0.3, 0.4) is 0 Å². The molecule has 0 aliphatic rings. The third kappa shape index (κ3) is 253. The minimum atomic E-state index is -5.11. The zero-order valence-electron chi connectivity index (χ0n) is 3.42. The Morgan fingerprint density at radius 1 is 1.14 bits per heavy atom. The molecule has 0 heterocycles. The second-order valence-electron chi connectivity index (χ2n) is 0.548. The van der Waals surface area contributed by atoms with Gasteiger partial charge in [0.05, 0.1) is 0 Å². The fourth-order valence-corrected chi connectivity index (χ4v) is 0. The van der Waals surface area contributed by atoms with Crippen LogP contribution in [0.25, 0.3) is 0 Å². The van der Waals surface area contributed by atoms with Gasteiger partial charge in [-0.25, -0.2) is 0 Å². The summed E-state index contributed by atoms with van der Waals surface area (Å²) >= 11 is 0. The van der Waals surface area contributed by atoms with Crippen LogP contribution in [0.1, 0.15) is 0 Å². The van der Waals surface area contributed by atoms with E-state index < -0.39 is 9.05 Å². The smallest absolute Gasteiger partial charge is 0.828 e. The zero-order valence-corrected chi connectivity index (χ0v) is 5.83. The van der Waals surface area contributed by atoms with E-state index in [0.717, 1.165) is 0 Å². The summed E-state index contributed by atoms with van der Waals surface area (Å²) in [6.07, 6.45) is 0. The third-order valence-corrected chi connectivity index (χ3v) is 0. The predicted molar refractivity (Wildman–Crippen MR) is 19.6 cm³/mol. The van der Waals surface area contributed by atoms with Gasteiger partial charge in [-0.3, -0.25) is 0 Å². The van der Waals surface area contributed by atoms with Crippen LogP contribution in [-0.2, 0) is 0 Å². The summed E-state index contributed by atoms with van der Waals surface area (Å²) in [4.78, 5) is 31.8. The largest absolute Gasteiger partial charge is 2.00 e. The predicted octanol–water partition coefficient (Wildman–Crippen LogP) is -5.08. The van der Waals surface area contributed by atoms with Crippen molar-refractivity contribution in [1.82, 2.24) is 0 Å². The van der Waals surface area contributed by atoms with E-state index in [1.165, 1.54) is 0 Å². The van der Waals surface area contributed by atoms with Gasteiger partial charge in [-0.1, -0.05) is 0 Å². The van der Waals surface area contributed by atoms with E-state index >= 15 is 0 Å². The molecule has 4 N–H and O–H groups in total. The Balaban J connectivity index is -0.0000000800. The van der Waals surface area contributed by atoms with Crippen molar-refractivity contribution in [2.75, 3.05) is 0 Å². The average molecular weight is 136 g/mol. The first-order valence-corrected chi connectivity index (χ1v) is 2.57. The first-order valence-electron chi connectivity index (χ1n) is 0.855. The molecule has 0 aromatic heterocycles. The van der Waals surface area contributed by atoms with E-state index in [9.17, 15) is 0 Å². The van der Waals surface area contributed by atoms with Crippen molar-refractivity contribution < 1.29 is 24.7 Å². The van der Waals surface area contributed by atoms with Crippen molar-refractivity contribution in [2.24, 2.45) is 0 Å². The first-order chi connectivity index (χ1) is 2.00. The van der Waals surface area contributed by atoms with Gasteiger partial charge < -0.3 is 24.7 Å². The molecule has 7 heavy (non-hydrogen) atoms. The molecule has 0 aliphatic carbocycles. The van der Waals surface area contributed by atoms with E-state index in [0.29, 0.717) is 0 Å². The molecule has 7 heteroatoms. The van der Waals surface area contributed by atoms with Gasteiger partial charge in [0.2, 0.25) is 0 Å². The second-order valence-corrected chi connectivity index (χ2v) is 1.65. The number of hydrogen-bond donors (Lipinski definition) is 2. The van der Waals surface area contributed by atoms with Crippen LogP contribution >= 0.6 is 0 Å². The van der Waals surface area contributed by atoms with E-state index in [1.54, 1.807) is 0 Å². The first kappa shape index (κ1) is 15.7. The summed E-state index contributed by atoms with van der Waals surface area (Å²) < 4.78 is 0. The van der Waals surface area contributed by atoms with E-state index in [4.69, 9.17) is 19.2 Å². The van der Waals surface area contributed by atoms with Crippen LogP contribution in [0.4, 0.5) is 0 Å². The molecule has 0 aromatic rings. The Labute approximate surface area is 57.2 Å². The SMILES string of the molecule is O.[Mg+2].[O-][Si]([O-])(O)O. The second kappa shape index (κ2) is 4.93. The van der Waals surface area contributed by atoms with Gasteiger partial charge in [-0.05, 0) is 0 Å². The molecule has 0 bridgehead atoms. The normalized spacial score (nSPS) is 8.57. The third-order valence-electron chi connectivity index (χ3n) is 0. The topological polar surface area (TPSA) is 118 Å². The van der Waals surface area contributed by atoms with Crippen molar-refractivity contribution in [3.63, 3.8) is 0 Å². The van der Waals surface area contributed by atoms with Gasteiger partial charge in [0.25, 0.3) is 0 Å². The molecule has 0 atom stereocenters. The quantitative estimate of drug-likeness (QED) is 0.324. The van der Waals surface area contributed by atoms with Gasteiger partial charge in [0, 0.05) is 0 Å². The maximum atomic E-state index is 8.80. The minimum absolute atomic E-state index is 0. The van der Waals surface area contributed by atoms with Gasteiger partial charge >= 0.3 is 23.1 Å². The van der Waals surface area contributed by atoms with Crippen LogP contribution in [0.15, 0.2) is 0 Å². The monoisotopic (exact) mass is 136 g/mol. The van der Waals surface area contributed by atoms with Crippen LogP contribution in [0.2, 0.25) is 0 Å². The van der Waals surface area contributed by atoms with E-state index in [1.807, 2.05) is 0 Å². The summed E-state index contributed by atoms with van der Waals surface area (Å²) in [6, 6.07) is 0. The van der Waals surface area contributed by atoms with Crippen LogP contribution in [-0.4, -0.2) is 47.2 Å². The molecule has 40 valence electrons. The van der Waals surface area contributed by atoms with Crippen molar-refractivity contribution in [2.45, 2.75) is 0 Å². The van der Waals surface area contributed by atoms with Gasteiger partial charge in [0.1, 0.15) is 9.05 Å². The van der Waals surface area contributed by atoms with Crippen molar-refractivity contribution in [1.29, 1.82) is 0 Å². The molecule has 5 nitrogen and oxygen atoms in total. The van der Waals surface area contributed by atoms with Gasteiger partial charge in [-0.2, -0.15) is 0 Å². The summed E-state index contributed by atoms with van der Waals surface area (Å²) in [5, 5.41) is 0. The summed E-state index contributed by atoms with van der Waals surface area (Å²) in [6.45, 7) is 0. The van der Waals surface area contributed by atoms with Crippen molar-refractivity contribution >= 4 is 32.1 Å². The minimum Gasteiger partial charge on any atom is -0.828 e. The molecular weight excluding hydrogens is 132 g/mol. The summed E-state index contributed by atoms with van der Waals surface area (Å²) in [5.74, 6) is 0. The Bertz CT molecular complexity index is 23.6. The molecule has 0 amide bonds. The molecular formula is H4MgO5Si. The maximum absolute atomic E-state index is 8.80. The molecule has 0 aromatic carbocycles. The van der Waals surface area contributed by atoms with Crippen molar-refractivity contribution in [3.8, 4) is 0 Å². The molecule has 0 unspecified atom stereocenters. The molecule has 0 radical (unpaired) electrons. The average Bonchev–Trinajstić information content (AvgIpc) is 0.722. The Hall–Kier alpha value is 0.783.